The van der Waals surface area contributed by atoms with Crippen LogP contribution in [0.25, 0.3) is 0 Å². The lowest BCUT2D eigenvalue weighted by molar-refractivity contribution is -0.121. The number of anilines is 1. The number of carbonyl (C=O) groups is 2. The van der Waals surface area contributed by atoms with Gasteiger partial charge in [-0.25, -0.2) is 9.78 Å². The van der Waals surface area contributed by atoms with Crippen molar-refractivity contribution < 1.29 is 19.4 Å². The topological polar surface area (TPSA) is 106 Å². The Balaban J connectivity index is 2.38. The number of morpholine rings is 1. The van der Waals surface area contributed by atoms with Crippen molar-refractivity contribution in [2.24, 2.45) is 5.73 Å². The number of carbonyl (C=O) groups excluding carboxylic acids is 1. The number of aromatic nitrogens is 1. The number of nitrogens with two attached hydrogens (primary N) is 1. The third kappa shape index (κ3) is 2.94. The molecule has 1 amide bonds. The van der Waals surface area contributed by atoms with Crippen LogP contribution in [0.4, 0.5) is 5.82 Å². The van der Waals surface area contributed by atoms with Gasteiger partial charge in [-0.15, -0.1) is 0 Å². The second-order valence-corrected chi connectivity index (χ2v) is 4.42. The number of primary amides is 1. The molecule has 1 fully saturated rings. The molecular formula is C11H12ClN3O4. The lowest BCUT2D eigenvalue weighted by Gasteiger charge is -2.34. The van der Waals surface area contributed by atoms with Crippen molar-refractivity contribution in [2.45, 2.75) is 6.04 Å². The van der Waals surface area contributed by atoms with Gasteiger partial charge in [0.2, 0.25) is 5.91 Å². The first-order chi connectivity index (χ1) is 8.99. The Kier molecular flexibility index (Phi) is 3.87. The summed E-state index contributed by atoms with van der Waals surface area (Å²) in [5, 5.41) is 9.03. The zero-order valence-corrected chi connectivity index (χ0v) is 10.6. The van der Waals surface area contributed by atoms with Crippen molar-refractivity contribution in [3.63, 3.8) is 0 Å². The van der Waals surface area contributed by atoms with Crippen LogP contribution in [-0.2, 0) is 9.53 Å². The number of amides is 1. The second-order valence-electron chi connectivity index (χ2n) is 4.03. The van der Waals surface area contributed by atoms with E-state index in [-0.39, 0.29) is 17.3 Å². The number of halogens is 1. The minimum Gasteiger partial charge on any atom is -0.478 e. The van der Waals surface area contributed by atoms with E-state index >= 15 is 0 Å². The Morgan fingerprint density at radius 2 is 2.26 bits per heavy atom. The van der Waals surface area contributed by atoms with Gasteiger partial charge in [-0.1, -0.05) is 11.6 Å². The number of carboxylic acids is 1. The summed E-state index contributed by atoms with van der Waals surface area (Å²) in [6.07, 6.45) is 0. The molecule has 1 aromatic heterocycles. The Labute approximate surface area is 113 Å². The van der Waals surface area contributed by atoms with Crippen LogP contribution in [0.2, 0.25) is 5.15 Å². The Hall–Kier alpha value is -1.86. The van der Waals surface area contributed by atoms with Crippen LogP contribution in [0, 0.1) is 0 Å². The van der Waals surface area contributed by atoms with Gasteiger partial charge in [0.1, 0.15) is 17.0 Å². The third-order valence-electron chi connectivity index (χ3n) is 2.78. The fraction of sp³-hybridized carbons (Fsp3) is 0.364. The maximum absolute atomic E-state index is 11.4. The van der Waals surface area contributed by atoms with E-state index < -0.39 is 17.9 Å². The normalized spacial score (nSPS) is 19.2. The molecule has 7 nitrogen and oxygen atoms in total. The van der Waals surface area contributed by atoms with E-state index in [9.17, 15) is 9.59 Å². The summed E-state index contributed by atoms with van der Waals surface area (Å²) in [6.45, 7) is 0.937. The zero-order valence-electron chi connectivity index (χ0n) is 9.88. The zero-order chi connectivity index (χ0) is 14.0. The largest absolute Gasteiger partial charge is 0.478 e. The fourth-order valence-electron chi connectivity index (χ4n) is 1.87. The summed E-state index contributed by atoms with van der Waals surface area (Å²) < 4.78 is 5.18. The van der Waals surface area contributed by atoms with Gasteiger partial charge in [0, 0.05) is 6.54 Å². The summed E-state index contributed by atoms with van der Waals surface area (Å²) in [6, 6.07) is 1.92. The van der Waals surface area contributed by atoms with Gasteiger partial charge in [0.15, 0.2) is 0 Å². The van der Waals surface area contributed by atoms with E-state index in [2.05, 4.69) is 4.98 Å². The highest BCUT2D eigenvalue weighted by molar-refractivity contribution is 6.29. The average molecular weight is 286 g/mol. The molecule has 1 aliphatic heterocycles. The first-order valence-electron chi connectivity index (χ1n) is 5.53. The van der Waals surface area contributed by atoms with E-state index in [1.807, 2.05) is 0 Å². The Morgan fingerprint density at radius 1 is 1.53 bits per heavy atom. The Bertz CT molecular complexity index is 523. The van der Waals surface area contributed by atoms with Crippen molar-refractivity contribution >= 4 is 29.3 Å². The minimum atomic E-state index is -1.12. The molecule has 102 valence electrons. The van der Waals surface area contributed by atoms with E-state index in [1.54, 1.807) is 4.90 Å². The van der Waals surface area contributed by atoms with Gasteiger partial charge in [-0.3, -0.25) is 4.79 Å². The van der Waals surface area contributed by atoms with E-state index in [4.69, 9.17) is 27.2 Å². The molecule has 0 radical (unpaired) electrons. The van der Waals surface area contributed by atoms with Crippen molar-refractivity contribution in [1.82, 2.24) is 4.98 Å². The number of carboxylic acid groups (broad SMARTS) is 1. The molecule has 0 aromatic carbocycles. The molecule has 19 heavy (non-hydrogen) atoms. The molecule has 0 bridgehead atoms. The van der Waals surface area contributed by atoms with Crippen LogP contribution in [0.3, 0.4) is 0 Å². The smallest absolute Gasteiger partial charge is 0.335 e. The molecule has 1 aliphatic rings. The molecule has 0 saturated carbocycles. The summed E-state index contributed by atoms with van der Waals surface area (Å²) in [7, 11) is 0. The molecule has 2 rings (SSSR count). The van der Waals surface area contributed by atoms with Crippen LogP contribution in [0.5, 0.6) is 0 Å². The summed E-state index contributed by atoms with van der Waals surface area (Å²) in [5.41, 5.74) is 5.30. The number of ether oxygens (including phenoxy) is 1. The van der Waals surface area contributed by atoms with Crippen molar-refractivity contribution in [1.29, 1.82) is 0 Å². The average Bonchev–Trinajstić information content (AvgIpc) is 2.37. The summed E-state index contributed by atoms with van der Waals surface area (Å²) in [4.78, 5) is 28.0. The first kappa shape index (κ1) is 13.6. The fourth-order valence-corrected chi connectivity index (χ4v) is 2.07. The molecule has 1 saturated heterocycles. The number of hydrogen-bond acceptors (Lipinski definition) is 5. The van der Waals surface area contributed by atoms with Crippen molar-refractivity contribution in [2.75, 3.05) is 24.7 Å². The van der Waals surface area contributed by atoms with Crippen LogP contribution in [-0.4, -0.2) is 47.8 Å². The number of aromatic carboxylic acids is 1. The van der Waals surface area contributed by atoms with Gasteiger partial charge in [0.25, 0.3) is 0 Å². The molecule has 2 heterocycles. The van der Waals surface area contributed by atoms with Gasteiger partial charge in [-0.05, 0) is 12.1 Å². The van der Waals surface area contributed by atoms with Crippen LogP contribution in [0.15, 0.2) is 12.1 Å². The predicted molar refractivity (Wildman–Crippen MR) is 67.4 cm³/mol. The Morgan fingerprint density at radius 3 is 2.89 bits per heavy atom. The monoisotopic (exact) mass is 285 g/mol. The van der Waals surface area contributed by atoms with Gasteiger partial charge in [0.05, 0.1) is 18.8 Å². The van der Waals surface area contributed by atoms with Crippen LogP contribution in [0.1, 0.15) is 10.4 Å². The van der Waals surface area contributed by atoms with Gasteiger partial charge >= 0.3 is 5.97 Å². The highest BCUT2D eigenvalue weighted by atomic mass is 35.5. The lowest BCUT2D eigenvalue weighted by atomic mass is 10.2. The molecule has 1 aromatic rings. The van der Waals surface area contributed by atoms with Gasteiger partial charge < -0.3 is 20.5 Å². The molecule has 1 unspecified atom stereocenters. The minimum absolute atomic E-state index is 0.00436. The van der Waals surface area contributed by atoms with E-state index in [0.717, 1.165) is 0 Å². The van der Waals surface area contributed by atoms with Crippen LogP contribution < -0.4 is 10.6 Å². The number of pyridine rings is 1. The van der Waals surface area contributed by atoms with E-state index in [1.165, 1.54) is 12.1 Å². The quantitative estimate of drug-likeness (QED) is 0.764. The summed E-state index contributed by atoms with van der Waals surface area (Å²) in [5.74, 6) is -1.37. The highest BCUT2D eigenvalue weighted by Crippen LogP contribution is 2.22. The number of hydrogen-bond donors (Lipinski definition) is 2. The molecule has 1 atom stereocenters. The number of rotatable bonds is 3. The molecule has 3 N–H and O–H groups in total. The molecule has 8 heteroatoms. The number of nitrogens with zero attached hydrogens (tertiary/aromatic N) is 2. The maximum atomic E-state index is 11.4. The first-order valence-corrected chi connectivity index (χ1v) is 5.91. The van der Waals surface area contributed by atoms with Gasteiger partial charge in [-0.2, -0.15) is 0 Å². The van der Waals surface area contributed by atoms with E-state index in [0.29, 0.717) is 19.0 Å². The third-order valence-corrected chi connectivity index (χ3v) is 2.97. The van der Waals surface area contributed by atoms with Crippen molar-refractivity contribution in [3.8, 4) is 0 Å². The standard InChI is InChI=1S/C11H12ClN3O4/c12-8-3-6(11(17)18)4-9(14-8)15-1-2-19-5-7(15)10(13)16/h3-4,7H,1-2,5H2,(H2,13,16)(H,17,18). The maximum Gasteiger partial charge on any atom is 0.335 e. The summed E-state index contributed by atoms with van der Waals surface area (Å²) >= 11 is 5.79. The highest BCUT2D eigenvalue weighted by Gasteiger charge is 2.29. The van der Waals surface area contributed by atoms with Crippen LogP contribution >= 0.6 is 11.6 Å². The SMILES string of the molecule is NC(=O)C1COCCN1c1cc(C(=O)O)cc(Cl)n1. The molecule has 0 spiro atoms. The van der Waals surface area contributed by atoms with Crippen molar-refractivity contribution in [3.05, 3.63) is 22.8 Å². The second kappa shape index (κ2) is 5.41. The molecule has 0 aliphatic carbocycles. The molecular weight excluding hydrogens is 274 g/mol. The predicted octanol–water partition coefficient (Wildman–Crippen LogP) is 0.124. The lowest BCUT2D eigenvalue weighted by Crippen LogP contribution is -2.53.